The zero-order chi connectivity index (χ0) is 22.0. The minimum Gasteiger partial charge on any atom is -0.497 e. The largest absolute Gasteiger partial charge is 0.497 e. The summed E-state index contributed by atoms with van der Waals surface area (Å²) in [6.07, 6.45) is 4.93. The van der Waals surface area contributed by atoms with Crippen LogP contribution in [0.5, 0.6) is 5.75 Å². The number of pyridine rings is 1. The van der Waals surface area contributed by atoms with Gasteiger partial charge in [0.1, 0.15) is 5.75 Å². The number of nitrogens with one attached hydrogen (secondary N) is 1. The predicted molar refractivity (Wildman–Crippen MR) is 117 cm³/mol. The van der Waals surface area contributed by atoms with Crippen LogP contribution in [0, 0.1) is 0 Å². The molecule has 0 aliphatic carbocycles. The monoisotopic (exact) mass is 442 g/mol. The number of fused-ring (bicyclic) bond motifs is 1. The standard InChI is InChI=1S/C22H26N4O4S/c1-30-17-9-7-8-16(14-17)19(25-11-5-6-12-25)15-23-21(27)20-18-10-3-4-13-26(18)22(24-20)31(2,28)29/h3-4,7-10,13-14,19H,5-6,11-12,15H2,1-2H3,(H,23,27). The molecule has 1 aliphatic rings. The van der Waals surface area contributed by atoms with Crippen LogP contribution in [0.3, 0.4) is 0 Å². The van der Waals surface area contributed by atoms with Gasteiger partial charge in [0.25, 0.3) is 5.91 Å². The molecule has 1 aliphatic heterocycles. The number of rotatable bonds is 7. The lowest BCUT2D eigenvalue weighted by molar-refractivity contribution is 0.0934. The molecule has 4 rings (SSSR count). The molecule has 0 saturated carbocycles. The third kappa shape index (κ3) is 4.42. The molecule has 1 fully saturated rings. The van der Waals surface area contributed by atoms with E-state index in [1.54, 1.807) is 31.5 Å². The number of aromatic nitrogens is 2. The van der Waals surface area contributed by atoms with E-state index < -0.39 is 15.7 Å². The molecule has 1 saturated heterocycles. The summed E-state index contributed by atoms with van der Waals surface area (Å²) in [6.45, 7) is 2.30. The Labute approximate surface area is 181 Å². The lowest BCUT2D eigenvalue weighted by Crippen LogP contribution is -2.37. The Morgan fingerprint density at radius 3 is 2.68 bits per heavy atom. The Morgan fingerprint density at radius 1 is 1.19 bits per heavy atom. The molecule has 0 spiro atoms. The first-order chi connectivity index (χ1) is 14.9. The number of benzene rings is 1. The third-order valence-electron chi connectivity index (χ3n) is 5.58. The van der Waals surface area contributed by atoms with Crippen molar-refractivity contribution in [1.82, 2.24) is 19.6 Å². The number of hydrogen-bond donors (Lipinski definition) is 1. The van der Waals surface area contributed by atoms with E-state index in [1.165, 1.54) is 4.40 Å². The quantitative estimate of drug-likeness (QED) is 0.604. The van der Waals surface area contributed by atoms with Crippen molar-refractivity contribution in [2.75, 3.05) is 33.0 Å². The number of carbonyl (C=O) groups is 1. The zero-order valence-corrected chi connectivity index (χ0v) is 18.4. The second kappa shape index (κ2) is 8.68. The van der Waals surface area contributed by atoms with Crippen LogP contribution in [0.15, 0.2) is 53.8 Å². The maximum absolute atomic E-state index is 13.0. The number of ether oxygens (including phenoxy) is 1. The predicted octanol–water partition coefficient (Wildman–Crippen LogP) is 2.31. The molecule has 1 amide bonds. The highest BCUT2D eigenvalue weighted by Crippen LogP contribution is 2.27. The summed E-state index contributed by atoms with van der Waals surface area (Å²) in [5, 5.41) is 2.84. The van der Waals surface area contributed by atoms with Gasteiger partial charge < -0.3 is 10.1 Å². The van der Waals surface area contributed by atoms with Crippen molar-refractivity contribution in [3.8, 4) is 5.75 Å². The minimum absolute atomic E-state index is 0.00944. The summed E-state index contributed by atoms with van der Waals surface area (Å²) in [5.74, 6) is 0.372. The fourth-order valence-corrected chi connectivity index (χ4v) is 4.84. The Morgan fingerprint density at radius 2 is 1.97 bits per heavy atom. The molecule has 3 aromatic rings. The lowest BCUT2D eigenvalue weighted by Gasteiger charge is -2.28. The van der Waals surface area contributed by atoms with Crippen LogP contribution < -0.4 is 10.1 Å². The summed E-state index contributed by atoms with van der Waals surface area (Å²) in [4.78, 5) is 19.6. The van der Waals surface area contributed by atoms with E-state index in [4.69, 9.17) is 4.74 Å². The molecule has 0 bridgehead atoms. The number of imidazole rings is 1. The van der Waals surface area contributed by atoms with Crippen molar-refractivity contribution in [2.45, 2.75) is 24.0 Å². The van der Waals surface area contributed by atoms with Gasteiger partial charge in [-0.3, -0.25) is 14.1 Å². The first-order valence-electron chi connectivity index (χ1n) is 10.2. The molecule has 1 N–H and O–H groups in total. The van der Waals surface area contributed by atoms with Gasteiger partial charge in [-0.25, -0.2) is 13.4 Å². The summed E-state index contributed by atoms with van der Waals surface area (Å²) in [6, 6.07) is 13.0. The molecule has 164 valence electrons. The van der Waals surface area contributed by atoms with E-state index in [0.29, 0.717) is 12.1 Å². The topological polar surface area (TPSA) is 93.0 Å². The highest BCUT2D eigenvalue weighted by atomic mass is 32.2. The first-order valence-corrected chi connectivity index (χ1v) is 12.1. The Bertz CT molecular complexity index is 1200. The average molecular weight is 443 g/mol. The highest BCUT2D eigenvalue weighted by Gasteiger charge is 2.27. The number of nitrogens with zero attached hydrogens (tertiary/aromatic N) is 3. The number of amides is 1. The van der Waals surface area contributed by atoms with E-state index in [9.17, 15) is 13.2 Å². The van der Waals surface area contributed by atoms with Gasteiger partial charge in [-0.1, -0.05) is 18.2 Å². The van der Waals surface area contributed by atoms with Gasteiger partial charge in [0.2, 0.25) is 15.0 Å². The molecular formula is C22H26N4O4S. The molecule has 1 unspecified atom stereocenters. The van der Waals surface area contributed by atoms with Gasteiger partial charge >= 0.3 is 0 Å². The Hall–Kier alpha value is -2.91. The average Bonchev–Trinajstić information content (AvgIpc) is 3.42. The Kier molecular flexibility index (Phi) is 5.97. The van der Waals surface area contributed by atoms with Gasteiger partial charge in [-0.2, -0.15) is 0 Å². The fraction of sp³-hybridized carbons (Fsp3) is 0.364. The number of carbonyl (C=O) groups excluding carboxylic acids is 1. The number of likely N-dealkylation sites (tertiary alicyclic amines) is 1. The van der Waals surface area contributed by atoms with E-state index in [0.717, 1.165) is 43.5 Å². The van der Waals surface area contributed by atoms with Crippen molar-refractivity contribution >= 4 is 21.3 Å². The summed E-state index contributed by atoms with van der Waals surface area (Å²) in [7, 11) is -1.95. The smallest absolute Gasteiger partial charge is 0.272 e. The van der Waals surface area contributed by atoms with Gasteiger partial charge in [-0.15, -0.1) is 0 Å². The fourth-order valence-electron chi connectivity index (χ4n) is 4.07. The SMILES string of the molecule is COc1cccc(C(CNC(=O)c2nc(S(C)(=O)=O)n3ccccc23)N2CCCC2)c1. The molecule has 1 aromatic carbocycles. The van der Waals surface area contributed by atoms with Gasteiger partial charge in [0, 0.05) is 19.0 Å². The highest BCUT2D eigenvalue weighted by molar-refractivity contribution is 7.90. The summed E-state index contributed by atoms with van der Waals surface area (Å²) >= 11 is 0. The van der Waals surface area contributed by atoms with Gasteiger partial charge in [0.15, 0.2) is 5.69 Å². The van der Waals surface area contributed by atoms with E-state index in [-0.39, 0.29) is 16.9 Å². The molecule has 8 nitrogen and oxygen atoms in total. The molecule has 9 heteroatoms. The van der Waals surface area contributed by atoms with Crippen LogP contribution in [0.2, 0.25) is 0 Å². The second-order valence-electron chi connectivity index (χ2n) is 7.72. The van der Waals surface area contributed by atoms with E-state index in [2.05, 4.69) is 15.2 Å². The lowest BCUT2D eigenvalue weighted by atomic mass is 10.0. The van der Waals surface area contributed by atoms with Crippen molar-refractivity contribution in [2.24, 2.45) is 0 Å². The number of sulfone groups is 1. The van der Waals surface area contributed by atoms with Gasteiger partial charge in [-0.05, 0) is 55.8 Å². The van der Waals surface area contributed by atoms with Crippen molar-refractivity contribution in [3.63, 3.8) is 0 Å². The molecule has 31 heavy (non-hydrogen) atoms. The number of methoxy groups -OCH3 is 1. The molecule has 2 aromatic heterocycles. The van der Waals surface area contributed by atoms with Crippen LogP contribution in [-0.4, -0.2) is 61.6 Å². The number of hydrogen-bond acceptors (Lipinski definition) is 6. The minimum atomic E-state index is -3.59. The van der Waals surface area contributed by atoms with Crippen molar-refractivity contribution in [1.29, 1.82) is 0 Å². The van der Waals surface area contributed by atoms with Crippen LogP contribution in [0.4, 0.5) is 0 Å². The second-order valence-corrected chi connectivity index (χ2v) is 9.63. The van der Waals surface area contributed by atoms with Crippen LogP contribution in [0.1, 0.15) is 34.9 Å². The van der Waals surface area contributed by atoms with Crippen molar-refractivity contribution < 1.29 is 17.9 Å². The van der Waals surface area contributed by atoms with Crippen LogP contribution in [0.25, 0.3) is 5.52 Å². The van der Waals surface area contributed by atoms with Gasteiger partial charge in [0.05, 0.1) is 18.7 Å². The molecular weight excluding hydrogens is 416 g/mol. The van der Waals surface area contributed by atoms with Crippen LogP contribution in [-0.2, 0) is 9.84 Å². The third-order valence-corrected chi connectivity index (χ3v) is 6.53. The molecule has 0 radical (unpaired) electrons. The van der Waals surface area contributed by atoms with Crippen LogP contribution >= 0.6 is 0 Å². The normalized spacial score (nSPS) is 15.8. The molecule has 3 heterocycles. The Balaban J connectivity index is 1.61. The summed E-state index contributed by atoms with van der Waals surface area (Å²) < 4.78 is 31.1. The maximum atomic E-state index is 13.0. The maximum Gasteiger partial charge on any atom is 0.272 e. The zero-order valence-electron chi connectivity index (χ0n) is 17.6. The first kappa shape index (κ1) is 21.3. The van der Waals surface area contributed by atoms with E-state index in [1.807, 2.05) is 24.3 Å². The van der Waals surface area contributed by atoms with E-state index >= 15 is 0 Å². The summed E-state index contributed by atoms with van der Waals surface area (Å²) in [5.41, 5.74) is 1.62. The van der Waals surface area contributed by atoms with Crippen molar-refractivity contribution in [3.05, 3.63) is 59.9 Å². The molecule has 1 atom stereocenters.